The second kappa shape index (κ2) is 6.44. The van der Waals surface area contributed by atoms with Crippen molar-refractivity contribution in [1.82, 2.24) is 4.90 Å². The minimum absolute atomic E-state index is 0.0520. The number of nitrogen functional groups attached to an aromatic ring is 1. The largest absolute Gasteiger partial charge is 0.399 e. The lowest BCUT2D eigenvalue weighted by molar-refractivity contribution is 0.0690. The lowest BCUT2D eigenvalue weighted by Crippen LogP contribution is -2.36. The Balaban J connectivity index is 2.25. The van der Waals surface area contributed by atoms with Gasteiger partial charge in [-0.3, -0.25) is 4.79 Å². The summed E-state index contributed by atoms with van der Waals surface area (Å²) >= 11 is 0. The maximum atomic E-state index is 12.7. The van der Waals surface area contributed by atoms with Gasteiger partial charge in [-0.1, -0.05) is 29.8 Å². The molecule has 0 aliphatic heterocycles. The van der Waals surface area contributed by atoms with Gasteiger partial charge in [0, 0.05) is 23.8 Å². The fraction of sp³-hybridized carbons (Fsp3) is 0.278. The van der Waals surface area contributed by atoms with Gasteiger partial charge in [0.05, 0.1) is 0 Å². The van der Waals surface area contributed by atoms with E-state index >= 15 is 0 Å². The zero-order valence-electron chi connectivity index (χ0n) is 12.8. The van der Waals surface area contributed by atoms with Crippen LogP contribution in [0.2, 0.25) is 0 Å². The molecule has 0 fully saturated rings. The van der Waals surface area contributed by atoms with Crippen molar-refractivity contribution in [2.75, 3.05) is 5.73 Å². The van der Waals surface area contributed by atoms with Crippen LogP contribution in [0.25, 0.3) is 0 Å². The summed E-state index contributed by atoms with van der Waals surface area (Å²) in [5, 5.41) is 0. The average Bonchev–Trinajstić information content (AvgIpc) is 2.44. The highest BCUT2D eigenvalue weighted by atomic mass is 16.2. The predicted octanol–water partition coefficient (Wildman–Crippen LogP) is 3.63. The van der Waals surface area contributed by atoms with E-state index in [1.807, 2.05) is 74.2 Å². The molecule has 2 aromatic rings. The van der Waals surface area contributed by atoms with Crippen LogP contribution in [0.4, 0.5) is 5.69 Å². The standard InChI is InChI=1S/C18H22N2O/c1-13(2)20(12-15-7-5-9-17(19)11-15)18(21)16-8-4-6-14(3)10-16/h4-11,13H,12,19H2,1-3H3. The number of anilines is 1. The molecule has 0 aliphatic rings. The smallest absolute Gasteiger partial charge is 0.254 e. The lowest BCUT2D eigenvalue weighted by Gasteiger charge is -2.27. The summed E-state index contributed by atoms with van der Waals surface area (Å²) < 4.78 is 0. The number of amides is 1. The summed E-state index contributed by atoms with van der Waals surface area (Å²) in [7, 11) is 0. The third-order valence-electron chi connectivity index (χ3n) is 3.45. The molecule has 21 heavy (non-hydrogen) atoms. The first-order valence-corrected chi connectivity index (χ1v) is 7.19. The van der Waals surface area contributed by atoms with Crippen LogP contribution in [-0.2, 0) is 6.54 Å². The molecule has 0 spiro atoms. The average molecular weight is 282 g/mol. The molecule has 3 nitrogen and oxygen atoms in total. The van der Waals surface area contributed by atoms with Crippen LogP contribution in [0.3, 0.4) is 0 Å². The molecule has 0 aromatic heterocycles. The van der Waals surface area contributed by atoms with Crippen LogP contribution < -0.4 is 5.73 Å². The van der Waals surface area contributed by atoms with Crippen LogP contribution in [-0.4, -0.2) is 16.8 Å². The minimum Gasteiger partial charge on any atom is -0.399 e. The van der Waals surface area contributed by atoms with Gasteiger partial charge in [-0.2, -0.15) is 0 Å². The molecule has 2 rings (SSSR count). The summed E-state index contributed by atoms with van der Waals surface area (Å²) in [6.45, 7) is 6.61. The first kappa shape index (κ1) is 15.1. The normalized spacial score (nSPS) is 10.7. The molecular weight excluding hydrogens is 260 g/mol. The van der Waals surface area contributed by atoms with Gasteiger partial charge in [-0.15, -0.1) is 0 Å². The van der Waals surface area contributed by atoms with Crippen LogP contribution in [0.15, 0.2) is 48.5 Å². The fourth-order valence-electron chi connectivity index (χ4n) is 2.32. The molecule has 0 radical (unpaired) electrons. The van der Waals surface area contributed by atoms with Gasteiger partial charge in [-0.25, -0.2) is 0 Å². The second-order valence-corrected chi connectivity index (χ2v) is 5.64. The number of carbonyl (C=O) groups is 1. The molecule has 0 saturated heterocycles. The molecule has 0 aliphatic carbocycles. The van der Waals surface area contributed by atoms with Crippen LogP contribution in [0, 0.1) is 6.92 Å². The Morgan fingerprint density at radius 2 is 1.86 bits per heavy atom. The molecule has 0 saturated carbocycles. The monoisotopic (exact) mass is 282 g/mol. The molecule has 2 aromatic carbocycles. The van der Waals surface area contributed by atoms with Gasteiger partial charge in [0.2, 0.25) is 0 Å². The van der Waals surface area contributed by atoms with Crippen molar-refractivity contribution in [3.05, 3.63) is 65.2 Å². The molecule has 0 heterocycles. The lowest BCUT2D eigenvalue weighted by atomic mass is 10.1. The van der Waals surface area contributed by atoms with E-state index in [-0.39, 0.29) is 11.9 Å². The van der Waals surface area contributed by atoms with Crippen LogP contribution in [0.5, 0.6) is 0 Å². The fourth-order valence-corrected chi connectivity index (χ4v) is 2.32. The summed E-state index contributed by atoms with van der Waals surface area (Å²) in [6, 6.07) is 15.5. The Labute approximate surface area is 126 Å². The summed E-state index contributed by atoms with van der Waals surface area (Å²) in [4.78, 5) is 14.6. The number of hydrogen-bond donors (Lipinski definition) is 1. The predicted molar refractivity (Wildman–Crippen MR) is 87.0 cm³/mol. The van der Waals surface area contributed by atoms with Crippen LogP contribution >= 0.6 is 0 Å². The van der Waals surface area contributed by atoms with Gasteiger partial charge in [0.25, 0.3) is 5.91 Å². The highest BCUT2D eigenvalue weighted by Gasteiger charge is 2.19. The zero-order chi connectivity index (χ0) is 15.4. The highest BCUT2D eigenvalue weighted by Crippen LogP contribution is 2.16. The van der Waals surface area contributed by atoms with E-state index in [1.165, 1.54) is 0 Å². The zero-order valence-corrected chi connectivity index (χ0v) is 12.8. The SMILES string of the molecule is Cc1cccc(C(=O)N(Cc2cccc(N)c2)C(C)C)c1. The summed E-state index contributed by atoms with van der Waals surface area (Å²) in [5.41, 5.74) is 9.40. The number of rotatable bonds is 4. The van der Waals surface area contributed by atoms with Gasteiger partial charge in [-0.05, 0) is 50.6 Å². The van der Waals surface area contributed by atoms with E-state index in [4.69, 9.17) is 5.73 Å². The Morgan fingerprint density at radius 3 is 2.48 bits per heavy atom. The molecule has 1 amide bonds. The molecule has 110 valence electrons. The highest BCUT2D eigenvalue weighted by molar-refractivity contribution is 5.94. The summed E-state index contributed by atoms with van der Waals surface area (Å²) in [5.74, 6) is 0.0520. The van der Waals surface area contributed by atoms with E-state index < -0.39 is 0 Å². The number of carbonyl (C=O) groups excluding carboxylic acids is 1. The molecule has 0 unspecified atom stereocenters. The number of aryl methyl sites for hydroxylation is 1. The second-order valence-electron chi connectivity index (χ2n) is 5.64. The topological polar surface area (TPSA) is 46.3 Å². The van der Waals surface area contributed by atoms with E-state index in [1.54, 1.807) is 0 Å². The Hall–Kier alpha value is -2.29. The molecule has 3 heteroatoms. The van der Waals surface area contributed by atoms with Gasteiger partial charge < -0.3 is 10.6 Å². The van der Waals surface area contributed by atoms with Crippen LogP contribution in [0.1, 0.15) is 35.3 Å². The van der Waals surface area contributed by atoms with E-state index in [0.29, 0.717) is 6.54 Å². The van der Waals surface area contributed by atoms with Gasteiger partial charge in [0.1, 0.15) is 0 Å². The van der Waals surface area contributed by atoms with Crippen molar-refractivity contribution in [3.8, 4) is 0 Å². The Morgan fingerprint density at radius 1 is 1.14 bits per heavy atom. The molecule has 2 N–H and O–H groups in total. The molecule has 0 bridgehead atoms. The van der Waals surface area contributed by atoms with E-state index in [0.717, 1.165) is 22.4 Å². The maximum absolute atomic E-state index is 12.7. The Kier molecular flexibility index (Phi) is 4.63. The first-order valence-electron chi connectivity index (χ1n) is 7.19. The van der Waals surface area contributed by atoms with Crippen molar-refractivity contribution < 1.29 is 4.79 Å². The van der Waals surface area contributed by atoms with Gasteiger partial charge in [0.15, 0.2) is 0 Å². The quantitative estimate of drug-likeness (QED) is 0.870. The maximum Gasteiger partial charge on any atom is 0.254 e. The van der Waals surface area contributed by atoms with E-state index in [9.17, 15) is 4.79 Å². The number of benzene rings is 2. The van der Waals surface area contributed by atoms with Gasteiger partial charge >= 0.3 is 0 Å². The minimum atomic E-state index is 0.0520. The molecule has 0 atom stereocenters. The number of hydrogen-bond acceptors (Lipinski definition) is 2. The van der Waals surface area contributed by atoms with Crippen molar-refractivity contribution in [2.24, 2.45) is 0 Å². The third-order valence-corrected chi connectivity index (χ3v) is 3.45. The summed E-state index contributed by atoms with van der Waals surface area (Å²) in [6.07, 6.45) is 0. The number of nitrogens with zero attached hydrogens (tertiary/aromatic N) is 1. The van der Waals surface area contributed by atoms with E-state index in [2.05, 4.69) is 0 Å². The van der Waals surface area contributed by atoms with Crippen molar-refractivity contribution in [2.45, 2.75) is 33.4 Å². The third kappa shape index (κ3) is 3.85. The van der Waals surface area contributed by atoms with Crippen molar-refractivity contribution in [1.29, 1.82) is 0 Å². The van der Waals surface area contributed by atoms with Crippen molar-refractivity contribution >= 4 is 11.6 Å². The Bertz CT molecular complexity index is 635. The molecular formula is C18H22N2O. The van der Waals surface area contributed by atoms with Crippen molar-refractivity contribution in [3.63, 3.8) is 0 Å². The number of nitrogens with two attached hydrogens (primary N) is 1. The first-order chi connectivity index (χ1) is 9.97.